The van der Waals surface area contributed by atoms with Crippen LogP contribution in [0.15, 0.2) is 0 Å². The molecule has 0 radical (unpaired) electrons. The second kappa shape index (κ2) is 16.9. The minimum Gasteiger partial charge on any atom is -0.444 e. The third-order valence-corrected chi connectivity index (χ3v) is 5.98. The normalized spacial score (nSPS) is 23.9. The summed E-state index contributed by atoms with van der Waals surface area (Å²) < 4.78 is 5.34. The number of hydrogen-bond acceptors (Lipinski definition) is 9. The number of carbonyl (C=O) groups is 1. The molecule has 0 unspecified atom stereocenters. The molecule has 2 heterocycles. The van der Waals surface area contributed by atoms with Crippen LogP contribution in [-0.4, -0.2) is 137 Å². The van der Waals surface area contributed by atoms with Gasteiger partial charge in [-0.3, -0.25) is 9.80 Å². The molecule has 2 saturated heterocycles. The van der Waals surface area contributed by atoms with Gasteiger partial charge >= 0.3 is 6.09 Å². The van der Waals surface area contributed by atoms with Gasteiger partial charge in [0.25, 0.3) is 0 Å². The molecule has 11 heteroatoms. The first-order chi connectivity index (χ1) is 15.5. The van der Waals surface area contributed by atoms with E-state index in [1.54, 1.807) is 4.90 Å². The van der Waals surface area contributed by atoms with Crippen molar-refractivity contribution in [2.24, 2.45) is 0 Å². The fraction of sp³-hybridized carbons (Fsp3) is 0.957. The molecule has 2 rings (SSSR count). The third kappa shape index (κ3) is 12.3. The molecule has 0 aliphatic carbocycles. The van der Waals surface area contributed by atoms with Crippen molar-refractivity contribution < 1.29 is 30.0 Å². The lowest BCUT2D eigenvalue weighted by atomic mass is 10.1. The number of aliphatic hydroxyl groups excluding tert-OH is 4. The summed E-state index contributed by atoms with van der Waals surface area (Å²) in [7, 11) is 0. The van der Waals surface area contributed by atoms with Crippen LogP contribution in [0.4, 0.5) is 4.79 Å². The lowest BCUT2D eigenvalue weighted by Gasteiger charge is -2.41. The van der Waals surface area contributed by atoms with Gasteiger partial charge in [-0.25, -0.2) is 4.79 Å². The van der Waals surface area contributed by atoms with Crippen molar-refractivity contribution in [1.29, 1.82) is 0 Å². The molecule has 0 saturated carbocycles. The molecule has 2 fully saturated rings. The Balaban J connectivity index is 0.000000676. The molecule has 0 aromatic carbocycles. The average molecular weight is 513 g/mol. The third-order valence-electron chi connectivity index (χ3n) is 5.98. The van der Waals surface area contributed by atoms with Crippen LogP contribution in [0.25, 0.3) is 0 Å². The maximum Gasteiger partial charge on any atom is 0.410 e. The number of β-amino-alcohol motifs (C(OH)–C–C–N with tert-alkyl or cyclic N) is 2. The van der Waals surface area contributed by atoms with Gasteiger partial charge in [0.05, 0.1) is 31.5 Å². The van der Waals surface area contributed by atoms with E-state index in [-0.39, 0.29) is 49.9 Å². The Labute approximate surface area is 211 Å². The number of hydrogen-bond donors (Lipinski definition) is 5. The monoisotopic (exact) mass is 512 g/mol. The summed E-state index contributed by atoms with van der Waals surface area (Å²) in [5.41, 5.74) is -0.513. The van der Waals surface area contributed by atoms with Crippen LogP contribution in [0.2, 0.25) is 0 Å². The number of nitrogens with one attached hydrogen (secondary N) is 1. The molecule has 2 aliphatic heterocycles. The van der Waals surface area contributed by atoms with Crippen molar-refractivity contribution in [3.63, 3.8) is 0 Å². The zero-order valence-electron chi connectivity index (χ0n) is 21.6. The van der Waals surface area contributed by atoms with E-state index >= 15 is 0 Å². The van der Waals surface area contributed by atoms with Gasteiger partial charge in [-0.1, -0.05) is 13.8 Å². The van der Waals surface area contributed by atoms with Crippen molar-refractivity contribution in [2.75, 3.05) is 65.6 Å². The van der Waals surface area contributed by atoms with Crippen LogP contribution in [0, 0.1) is 0 Å². The molecule has 4 atom stereocenters. The molecule has 204 valence electrons. The minimum atomic E-state index is -0.513. The first-order valence-electron chi connectivity index (χ1n) is 12.3. The Morgan fingerprint density at radius 1 is 0.971 bits per heavy atom. The second-order valence-electron chi connectivity index (χ2n) is 9.92. The van der Waals surface area contributed by atoms with E-state index in [1.807, 2.05) is 39.5 Å². The van der Waals surface area contributed by atoms with Gasteiger partial charge in [0.2, 0.25) is 0 Å². The first-order valence-corrected chi connectivity index (χ1v) is 12.3. The van der Waals surface area contributed by atoms with Crippen LogP contribution in [0.3, 0.4) is 0 Å². The van der Waals surface area contributed by atoms with Crippen LogP contribution in [0.1, 0.15) is 47.5 Å². The molecular formula is C23H49ClN4O6. The van der Waals surface area contributed by atoms with E-state index in [0.717, 1.165) is 26.1 Å². The van der Waals surface area contributed by atoms with Gasteiger partial charge in [0.15, 0.2) is 0 Å². The van der Waals surface area contributed by atoms with Crippen LogP contribution >= 0.6 is 12.4 Å². The van der Waals surface area contributed by atoms with Crippen molar-refractivity contribution in [1.82, 2.24) is 20.0 Å². The minimum absolute atomic E-state index is 0. The number of nitrogens with zero attached hydrogens (tertiary/aromatic N) is 3. The summed E-state index contributed by atoms with van der Waals surface area (Å²) in [5.74, 6) is 0. The fourth-order valence-electron chi connectivity index (χ4n) is 3.82. The summed E-state index contributed by atoms with van der Waals surface area (Å²) >= 11 is 0. The van der Waals surface area contributed by atoms with E-state index in [1.165, 1.54) is 0 Å². The number of halogens is 1. The molecule has 1 amide bonds. The zero-order valence-corrected chi connectivity index (χ0v) is 22.5. The highest BCUT2D eigenvalue weighted by Crippen LogP contribution is 2.15. The highest BCUT2D eigenvalue weighted by atomic mass is 35.5. The molecule has 10 nitrogen and oxygen atoms in total. The number of carbonyl (C=O) groups excluding carboxylic acids is 1. The van der Waals surface area contributed by atoms with Gasteiger partial charge < -0.3 is 35.4 Å². The van der Waals surface area contributed by atoms with Gasteiger partial charge in [-0.05, 0) is 33.6 Å². The van der Waals surface area contributed by atoms with Gasteiger partial charge in [0, 0.05) is 58.4 Å². The van der Waals surface area contributed by atoms with Crippen molar-refractivity contribution in [3.05, 3.63) is 0 Å². The molecule has 0 bridgehead atoms. The topological polar surface area (TPSA) is 129 Å². The van der Waals surface area contributed by atoms with Gasteiger partial charge in [0.1, 0.15) is 5.60 Å². The second-order valence-corrected chi connectivity index (χ2v) is 9.92. The summed E-state index contributed by atoms with van der Waals surface area (Å²) in [6.07, 6.45) is 0.475. The predicted octanol–water partition coefficient (Wildman–Crippen LogP) is 0.116. The lowest BCUT2D eigenvalue weighted by Crippen LogP contribution is -2.58. The predicted molar refractivity (Wildman–Crippen MR) is 135 cm³/mol. The maximum atomic E-state index is 12.0. The van der Waals surface area contributed by atoms with Crippen LogP contribution in [-0.2, 0) is 4.74 Å². The number of rotatable bonds is 8. The molecule has 34 heavy (non-hydrogen) atoms. The fourth-order valence-corrected chi connectivity index (χ4v) is 3.82. The van der Waals surface area contributed by atoms with Crippen LogP contribution < -0.4 is 5.32 Å². The standard InChI is InChI=1S/C14H28N2O4.C9H20N2O2.ClH/c1-5-12(18)9-15-6-7-16(8-11(15)10-17)13(19)20-14(2,3)4;1-2-9(13)6-11-4-3-10-5-8(11)7-12;/h11-12,17-18H,5-10H2,1-4H3;8-10,12-13H,2-7H2,1H3;1H/t11-,12+;8-,9+;/m00./s1. The SMILES string of the molecule is CC[C@@H](O)CN1CCN(C(=O)OC(C)(C)C)C[C@H]1CO.CC[C@@H](O)CN1CCNC[C@H]1CO.Cl. The Kier molecular flexibility index (Phi) is 16.5. The summed E-state index contributed by atoms with van der Waals surface area (Å²) in [6.45, 7) is 15.1. The largest absolute Gasteiger partial charge is 0.444 e. The zero-order chi connectivity index (χ0) is 25.0. The number of amides is 1. The molecule has 0 spiro atoms. The Morgan fingerprint density at radius 3 is 1.97 bits per heavy atom. The Bertz CT molecular complexity index is 554. The molecular weight excluding hydrogens is 464 g/mol. The highest BCUT2D eigenvalue weighted by molar-refractivity contribution is 5.85. The summed E-state index contributed by atoms with van der Waals surface area (Å²) in [5, 5.41) is 41.0. The molecule has 2 aliphatic rings. The summed E-state index contributed by atoms with van der Waals surface area (Å²) in [4.78, 5) is 17.8. The smallest absolute Gasteiger partial charge is 0.410 e. The Morgan fingerprint density at radius 2 is 1.50 bits per heavy atom. The lowest BCUT2D eigenvalue weighted by molar-refractivity contribution is -0.0147. The van der Waals surface area contributed by atoms with E-state index in [0.29, 0.717) is 39.1 Å². The molecule has 5 N–H and O–H groups in total. The van der Waals surface area contributed by atoms with Gasteiger partial charge in [-0.15, -0.1) is 12.4 Å². The number of piperazine rings is 2. The average Bonchev–Trinajstić information content (AvgIpc) is 2.78. The van der Waals surface area contributed by atoms with E-state index < -0.39 is 11.7 Å². The number of aliphatic hydroxyl groups is 4. The molecule has 0 aromatic heterocycles. The van der Waals surface area contributed by atoms with E-state index in [9.17, 15) is 20.1 Å². The quantitative estimate of drug-likeness (QED) is 0.308. The first kappa shape index (κ1) is 33.3. The van der Waals surface area contributed by atoms with E-state index in [2.05, 4.69) is 10.2 Å². The Hall–Kier alpha value is -0.720. The van der Waals surface area contributed by atoms with Crippen molar-refractivity contribution in [3.8, 4) is 0 Å². The van der Waals surface area contributed by atoms with E-state index in [4.69, 9.17) is 9.84 Å². The molecule has 0 aromatic rings. The highest BCUT2D eigenvalue weighted by Gasteiger charge is 2.32. The van der Waals surface area contributed by atoms with Crippen LogP contribution in [0.5, 0.6) is 0 Å². The van der Waals surface area contributed by atoms with Gasteiger partial charge in [-0.2, -0.15) is 0 Å². The maximum absolute atomic E-state index is 12.0. The summed E-state index contributed by atoms with van der Waals surface area (Å²) in [6, 6.07) is 0.0346. The van der Waals surface area contributed by atoms with Crippen molar-refractivity contribution in [2.45, 2.75) is 77.4 Å². The number of ether oxygens (including phenoxy) is 1. The van der Waals surface area contributed by atoms with Crippen molar-refractivity contribution >= 4 is 18.5 Å².